The van der Waals surface area contributed by atoms with Crippen molar-refractivity contribution in [2.24, 2.45) is 0 Å². The Morgan fingerprint density at radius 1 is 0.397 bits per heavy atom. The lowest BCUT2D eigenvalue weighted by molar-refractivity contribution is -0.143. The molecule has 0 aliphatic heterocycles. The summed E-state index contributed by atoms with van der Waals surface area (Å²) in [4.78, 5) is 24.5. The number of hydrogen-bond donors (Lipinski definition) is 3. The number of hydrogen-bond acceptors (Lipinski definition) is 5. The van der Waals surface area contributed by atoms with Crippen molar-refractivity contribution >= 4 is 11.9 Å². The smallest absolute Gasteiger partial charge is 0.305 e. The van der Waals surface area contributed by atoms with Gasteiger partial charge in [-0.2, -0.15) is 0 Å². The molecule has 1 amide bonds. The summed E-state index contributed by atoms with van der Waals surface area (Å²) in [5, 5.41) is 23.1. The Kier molecular flexibility index (Phi) is 57.0. The van der Waals surface area contributed by atoms with Crippen LogP contribution in [-0.2, 0) is 14.3 Å². The summed E-state index contributed by atoms with van der Waals surface area (Å²) in [5.41, 5.74) is 0. The molecular formula is C62H121NO5. The van der Waals surface area contributed by atoms with E-state index < -0.39 is 12.1 Å². The number of ether oxygens (including phenoxy) is 1. The van der Waals surface area contributed by atoms with Crippen molar-refractivity contribution in [3.05, 3.63) is 12.2 Å². The molecular weight excluding hydrogens is 839 g/mol. The second-order valence-corrected chi connectivity index (χ2v) is 21.4. The van der Waals surface area contributed by atoms with E-state index in [-0.39, 0.29) is 18.5 Å². The standard InChI is InChI=1S/C62H121NO5/c1-3-5-7-9-11-13-15-17-31-34-38-42-46-50-54-60(65)59(58-64)63-61(66)55-51-47-43-39-35-32-28-26-24-22-20-18-19-21-23-25-27-29-33-37-41-45-49-53-57-68-62(67)56-52-48-44-40-36-30-16-14-12-10-8-6-4-2/h50,54,59-60,64-65H,3-49,51-53,55-58H2,1-2H3,(H,63,66)/b54-50+. The summed E-state index contributed by atoms with van der Waals surface area (Å²) < 4.78 is 5.48. The highest BCUT2D eigenvalue weighted by Gasteiger charge is 2.18. The average molecular weight is 961 g/mol. The van der Waals surface area contributed by atoms with Crippen LogP contribution < -0.4 is 5.32 Å². The van der Waals surface area contributed by atoms with Gasteiger partial charge in [0.15, 0.2) is 0 Å². The van der Waals surface area contributed by atoms with Crippen LogP contribution in [0.4, 0.5) is 0 Å². The number of nitrogens with one attached hydrogen (secondary N) is 1. The van der Waals surface area contributed by atoms with E-state index in [1.54, 1.807) is 6.08 Å². The zero-order chi connectivity index (χ0) is 49.3. The third kappa shape index (κ3) is 53.9. The van der Waals surface area contributed by atoms with Crippen molar-refractivity contribution in [1.29, 1.82) is 0 Å². The number of rotatable bonds is 58. The number of carbonyl (C=O) groups excluding carboxylic acids is 2. The molecule has 6 nitrogen and oxygen atoms in total. The first-order chi connectivity index (χ1) is 33.5. The van der Waals surface area contributed by atoms with Crippen LogP contribution in [0.15, 0.2) is 12.2 Å². The van der Waals surface area contributed by atoms with Gasteiger partial charge in [-0.1, -0.05) is 315 Å². The molecule has 0 saturated carbocycles. The Labute approximate surface area is 425 Å². The van der Waals surface area contributed by atoms with Gasteiger partial charge in [0.2, 0.25) is 5.91 Å². The minimum absolute atomic E-state index is 0.0170. The molecule has 3 N–H and O–H groups in total. The van der Waals surface area contributed by atoms with E-state index in [4.69, 9.17) is 4.74 Å². The molecule has 6 heteroatoms. The van der Waals surface area contributed by atoms with E-state index >= 15 is 0 Å². The summed E-state index contributed by atoms with van der Waals surface area (Å²) >= 11 is 0. The van der Waals surface area contributed by atoms with Crippen molar-refractivity contribution in [2.75, 3.05) is 13.2 Å². The maximum Gasteiger partial charge on any atom is 0.305 e. The highest BCUT2D eigenvalue weighted by atomic mass is 16.5. The Hall–Kier alpha value is -1.40. The molecule has 0 fully saturated rings. The lowest BCUT2D eigenvalue weighted by Gasteiger charge is -2.20. The predicted molar refractivity (Wildman–Crippen MR) is 297 cm³/mol. The van der Waals surface area contributed by atoms with Crippen LogP contribution in [0, 0.1) is 0 Å². The Balaban J connectivity index is 3.37. The average Bonchev–Trinajstić information content (AvgIpc) is 3.34. The zero-order valence-electron chi connectivity index (χ0n) is 46.1. The first-order valence-corrected chi connectivity index (χ1v) is 31.0. The van der Waals surface area contributed by atoms with Gasteiger partial charge in [-0.05, 0) is 32.1 Å². The highest BCUT2D eigenvalue weighted by molar-refractivity contribution is 5.76. The second kappa shape index (κ2) is 58.2. The normalized spacial score (nSPS) is 12.6. The van der Waals surface area contributed by atoms with Gasteiger partial charge in [0.25, 0.3) is 0 Å². The molecule has 0 aliphatic carbocycles. The van der Waals surface area contributed by atoms with Gasteiger partial charge in [-0.3, -0.25) is 9.59 Å². The molecule has 0 rings (SSSR count). The molecule has 0 heterocycles. The Morgan fingerprint density at radius 2 is 0.676 bits per heavy atom. The van der Waals surface area contributed by atoms with E-state index in [1.165, 1.54) is 283 Å². The molecule has 68 heavy (non-hydrogen) atoms. The van der Waals surface area contributed by atoms with Crippen LogP contribution in [0.5, 0.6) is 0 Å². The maximum atomic E-state index is 12.5. The SMILES string of the molecule is CCCCCCCCCCCCCC/C=C/C(O)C(CO)NC(=O)CCCCCCCCCCCCCCCCCCCCCCCCCCOC(=O)CCCCCCCCCCCCCCC. The van der Waals surface area contributed by atoms with Gasteiger partial charge in [0.05, 0.1) is 25.4 Å². The number of carbonyl (C=O) groups is 2. The quantitative estimate of drug-likeness (QED) is 0.0321. The van der Waals surface area contributed by atoms with Gasteiger partial charge in [0, 0.05) is 12.8 Å². The van der Waals surface area contributed by atoms with Gasteiger partial charge in [-0.15, -0.1) is 0 Å². The highest BCUT2D eigenvalue weighted by Crippen LogP contribution is 2.18. The number of amides is 1. The van der Waals surface area contributed by atoms with Crippen LogP contribution >= 0.6 is 0 Å². The molecule has 0 spiro atoms. The van der Waals surface area contributed by atoms with Crippen LogP contribution in [0.2, 0.25) is 0 Å². The van der Waals surface area contributed by atoms with Gasteiger partial charge in [-0.25, -0.2) is 0 Å². The third-order valence-electron chi connectivity index (χ3n) is 14.6. The molecule has 0 radical (unpaired) electrons. The minimum Gasteiger partial charge on any atom is -0.466 e. The fraction of sp³-hybridized carbons (Fsp3) is 0.935. The number of aliphatic hydroxyl groups is 2. The second-order valence-electron chi connectivity index (χ2n) is 21.4. The molecule has 0 aromatic heterocycles. The molecule has 0 aliphatic rings. The third-order valence-corrected chi connectivity index (χ3v) is 14.6. The fourth-order valence-corrected chi connectivity index (χ4v) is 9.81. The Morgan fingerprint density at radius 3 is 1.00 bits per heavy atom. The van der Waals surface area contributed by atoms with Crippen LogP contribution in [0.25, 0.3) is 0 Å². The summed E-state index contributed by atoms with van der Waals surface area (Å²) in [5.74, 6) is -0.0479. The number of esters is 1. The molecule has 404 valence electrons. The van der Waals surface area contributed by atoms with E-state index in [2.05, 4.69) is 19.2 Å². The van der Waals surface area contributed by atoms with E-state index in [1.807, 2.05) is 6.08 Å². The van der Waals surface area contributed by atoms with Crippen molar-refractivity contribution < 1.29 is 24.5 Å². The van der Waals surface area contributed by atoms with Crippen LogP contribution in [0.3, 0.4) is 0 Å². The number of unbranched alkanes of at least 4 members (excludes halogenated alkanes) is 47. The minimum atomic E-state index is -0.842. The van der Waals surface area contributed by atoms with E-state index in [9.17, 15) is 19.8 Å². The zero-order valence-corrected chi connectivity index (χ0v) is 46.1. The number of aliphatic hydroxyl groups excluding tert-OH is 2. The monoisotopic (exact) mass is 960 g/mol. The summed E-state index contributed by atoms with van der Waals surface area (Å²) in [7, 11) is 0. The first kappa shape index (κ1) is 66.6. The number of allylic oxidation sites excluding steroid dienone is 1. The van der Waals surface area contributed by atoms with Crippen molar-refractivity contribution in [1.82, 2.24) is 5.32 Å². The Bertz CT molecular complexity index is 1020. The predicted octanol–water partition coefficient (Wildman–Crippen LogP) is 19.2. The van der Waals surface area contributed by atoms with Gasteiger partial charge in [0.1, 0.15) is 0 Å². The topological polar surface area (TPSA) is 95.9 Å². The van der Waals surface area contributed by atoms with Gasteiger partial charge >= 0.3 is 5.97 Å². The molecule has 0 aromatic rings. The van der Waals surface area contributed by atoms with Crippen LogP contribution in [0.1, 0.15) is 348 Å². The maximum absolute atomic E-state index is 12.5. The van der Waals surface area contributed by atoms with Crippen molar-refractivity contribution in [3.8, 4) is 0 Å². The summed E-state index contributed by atoms with van der Waals surface area (Å²) in [6.07, 6.45) is 69.7. The molecule has 0 saturated heterocycles. The molecule has 0 aromatic carbocycles. The van der Waals surface area contributed by atoms with E-state index in [0.717, 1.165) is 38.5 Å². The lowest BCUT2D eigenvalue weighted by Crippen LogP contribution is -2.45. The van der Waals surface area contributed by atoms with E-state index in [0.29, 0.717) is 19.4 Å². The first-order valence-electron chi connectivity index (χ1n) is 31.0. The van der Waals surface area contributed by atoms with Crippen molar-refractivity contribution in [3.63, 3.8) is 0 Å². The summed E-state index contributed by atoms with van der Waals surface area (Å²) in [6.45, 7) is 4.93. The summed E-state index contributed by atoms with van der Waals surface area (Å²) in [6, 6.07) is -0.625. The van der Waals surface area contributed by atoms with Gasteiger partial charge < -0.3 is 20.3 Å². The lowest BCUT2D eigenvalue weighted by atomic mass is 10.0. The largest absolute Gasteiger partial charge is 0.466 e. The van der Waals surface area contributed by atoms with Crippen LogP contribution in [-0.4, -0.2) is 47.4 Å². The molecule has 0 bridgehead atoms. The fourth-order valence-electron chi connectivity index (χ4n) is 9.81. The molecule has 2 unspecified atom stereocenters. The molecule has 2 atom stereocenters. The van der Waals surface area contributed by atoms with Crippen molar-refractivity contribution in [2.45, 2.75) is 360 Å².